The first kappa shape index (κ1) is 29.6. The van der Waals surface area contributed by atoms with E-state index in [1.807, 2.05) is 76.0 Å². The molecule has 2 aromatic carbocycles. The summed E-state index contributed by atoms with van der Waals surface area (Å²) in [6, 6.07) is 16.8. The summed E-state index contributed by atoms with van der Waals surface area (Å²) in [6.45, 7) is 11.5. The van der Waals surface area contributed by atoms with Crippen LogP contribution < -0.4 is 4.74 Å². The van der Waals surface area contributed by atoms with Gasteiger partial charge in [-0.1, -0.05) is 49.2 Å². The number of halogens is 2. The van der Waals surface area contributed by atoms with Gasteiger partial charge in [-0.3, -0.25) is 9.59 Å². The Morgan fingerprint density at radius 1 is 1.00 bits per heavy atom. The molecule has 0 unspecified atom stereocenters. The van der Waals surface area contributed by atoms with Crippen LogP contribution in [0, 0.1) is 5.92 Å². The van der Waals surface area contributed by atoms with Gasteiger partial charge in [0.2, 0.25) is 5.91 Å². The lowest BCUT2D eigenvalue weighted by Gasteiger charge is -2.38. The SMILES string of the molecule is COc1cccc(Cn2cccc2CN(C(=O)CN(CC(C)C)C(=O)c2ccc(Cl)c(Cl)c2)C(C)(C)C)c1. The van der Waals surface area contributed by atoms with E-state index in [2.05, 4.69) is 10.6 Å². The number of hydrogen-bond acceptors (Lipinski definition) is 3. The Hall–Kier alpha value is -2.96. The van der Waals surface area contributed by atoms with Crippen molar-refractivity contribution in [3.63, 3.8) is 0 Å². The number of hydrogen-bond donors (Lipinski definition) is 0. The third-order valence-electron chi connectivity index (χ3n) is 6.21. The van der Waals surface area contributed by atoms with E-state index in [-0.39, 0.29) is 24.3 Å². The predicted octanol–water partition coefficient (Wildman–Crippen LogP) is 6.78. The standard InChI is InChI=1S/C30H37Cl2N3O3/c1-21(2)17-34(29(37)23-12-13-26(31)27(32)16-23)20-28(36)35(30(3,4)5)19-24-10-8-14-33(24)18-22-9-7-11-25(15-22)38-6/h7-16,21H,17-20H2,1-6H3. The molecule has 2 amide bonds. The van der Waals surface area contributed by atoms with Gasteiger partial charge in [0.15, 0.2) is 0 Å². The minimum absolute atomic E-state index is 0.0366. The molecule has 0 atom stereocenters. The van der Waals surface area contributed by atoms with E-state index in [1.165, 1.54) is 0 Å². The van der Waals surface area contributed by atoms with Crippen LogP contribution in [-0.2, 0) is 17.9 Å². The van der Waals surface area contributed by atoms with Gasteiger partial charge in [0.05, 0.1) is 23.7 Å². The first-order valence-electron chi connectivity index (χ1n) is 12.7. The van der Waals surface area contributed by atoms with Crippen LogP contribution in [0.25, 0.3) is 0 Å². The van der Waals surface area contributed by atoms with E-state index in [1.54, 1.807) is 30.2 Å². The largest absolute Gasteiger partial charge is 0.497 e. The second-order valence-corrected chi connectivity index (χ2v) is 11.7. The number of carbonyl (C=O) groups excluding carboxylic acids is 2. The Balaban J connectivity index is 1.83. The number of methoxy groups -OCH3 is 1. The van der Waals surface area contributed by atoms with Crippen molar-refractivity contribution in [1.82, 2.24) is 14.4 Å². The second-order valence-electron chi connectivity index (χ2n) is 10.8. The van der Waals surface area contributed by atoms with E-state index in [9.17, 15) is 9.59 Å². The molecule has 0 N–H and O–H groups in total. The topological polar surface area (TPSA) is 54.8 Å². The molecule has 0 radical (unpaired) electrons. The number of amides is 2. The van der Waals surface area contributed by atoms with Crippen molar-refractivity contribution in [3.8, 4) is 5.75 Å². The molecular formula is C30H37Cl2N3O3. The monoisotopic (exact) mass is 557 g/mol. The minimum Gasteiger partial charge on any atom is -0.497 e. The molecule has 0 aliphatic carbocycles. The van der Waals surface area contributed by atoms with E-state index in [0.29, 0.717) is 35.2 Å². The molecular weight excluding hydrogens is 521 g/mol. The summed E-state index contributed by atoms with van der Waals surface area (Å²) < 4.78 is 7.50. The van der Waals surface area contributed by atoms with Crippen molar-refractivity contribution in [2.75, 3.05) is 20.2 Å². The normalized spacial score (nSPS) is 11.5. The molecule has 1 aromatic heterocycles. The molecule has 3 aromatic rings. The summed E-state index contributed by atoms with van der Waals surface area (Å²) in [5, 5.41) is 0.687. The van der Waals surface area contributed by atoms with E-state index >= 15 is 0 Å². The lowest BCUT2D eigenvalue weighted by Crippen LogP contribution is -2.50. The highest BCUT2D eigenvalue weighted by Gasteiger charge is 2.30. The van der Waals surface area contributed by atoms with Crippen LogP contribution in [0.5, 0.6) is 5.75 Å². The maximum Gasteiger partial charge on any atom is 0.254 e. The Labute approximate surface area is 236 Å². The highest BCUT2D eigenvalue weighted by molar-refractivity contribution is 6.42. The van der Waals surface area contributed by atoms with Crippen LogP contribution in [0.1, 0.15) is 56.2 Å². The molecule has 0 fully saturated rings. The number of rotatable bonds is 10. The molecule has 8 heteroatoms. The summed E-state index contributed by atoms with van der Waals surface area (Å²) in [6.07, 6.45) is 2.01. The Morgan fingerprint density at radius 2 is 1.74 bits per heavy atom. The number of aromatic nitrogens is 1. The highest BCUT2D eigenvalue weighted by Crippen LogP contribution is 2.24. The van der Waals surface area contributed by atoms with Gasteiger partial charge in [-0.15, -0.1) is 0 Å². The van der Waals surface area contributed by atoms with Crippen LogP contribution in [0.15, 0.2) is 60.8 Å². The second kappa shape index (κ2) is 12.7. The summed E-state index contributed by atoms with van der Waals surface area (Å²) >= 11 is 12.2. The maximum atomic E-state index is 13.8. The van der Waals surface area contributed by atoms with Gasteiger partial charge in [-0.2, -0.15) is 0 Å². The van der Waals surface area contributed by atoms with Crippen molar-refractivity contribution in [2.45, 2.75) is 53.2 Å². The minimum atomic E-state index is -0.460. The van der Waals surface area contributed by atoms with Crippen molar-refractivity contribution >= 4 is 35.0 Å². The number of benzene rings is 2. The fraction of sp³-hybridized carbons (Fsp3) is 0.400. The van der Waals surface area contributed by atoms with Gasteiger partial charge in [-0.05, 0) is 74.7 Å². The average Bonchev–Trinajstić information content (AvgIpc) is 3.28. The van der Waals surface area contributed by atoms with Gasteiger partial charge in [0.25, 0.3) is 5.91 Å². The Morgan fingerprint density at radius 3 is 2.37 bits per heavy atom. The molecule has 0 bridgehead atoms. The molecule has 0 spiro atoms. The predicted molar refractivity (Wildman–Crippen MR) is 154 cm³/mol. The first-order valence-corrected chi connectivity index (χ1v) is 13.5. The number of ether oxygens (including phenoxy) is 1. The van der Waals surface area contributed by atoms with Crippen LogP contribution in [0.4, 0.5) is 0 Å². The van der Waals surface area contributed by atoms with Crippen LogP contribution in [0.2, 0.25) is 10.0 Å². The van der Waals surface area contributed by atoms with Crippen molar-refractivity contribution in [3.05, 3.63) is 87.7 Å². The summed E-state index contributed by atoms with van der Waals surface area (Å²) in [4.78, 5) is 30.6. The van der Waals surface area contributed by atoms with Gasteiger partial charge in [0.1, 0.15) is 12.3 Å². The molecule has 3 rings (SSSR count). The summed E-state index contributed by atoms with van der Waals surface area (Å²) in [5.74, 6) is 0.610. The zero-order valence-electron chi connectivity index (χ0n) is 23.0. The third-order valence-corrected chi connectivity index (χ3v) is 6.95. The van der Waals surface area contributed by atoms with Crippen LogP contribution >= 0.6 is 23.2 Å². The fourth-order valence-corrected chi connectivity index (χ4v) is 4.59. The van der Waals surface area contributed by atoms with Crippen LogP contribution in [-0.4, -0.2) is 51.9 Å². The molecule has 1 heterocycles. The Kier molecular flexibility index (Phi) is 9.91. The average molecular weight is 559 g/mol. The molecule has 0 saturated heterocycles. The van der Waals surface area contributed by atoms with E-state index in [4.69, 9.17) is 27.9 Å². The summed E-state index contributed by atoms with van der Waals surface area (Å²) in [5.41, 5.74) is 2.05. The van der Waals surface area contributed by atoms with Crippen molar-refractivity contribution < 1.29 is 14.3 Å². The molecule has 204 valence electrons. The Bertz CT molecular complexity index is 1260. The van der Waals surface area contributed by atoms with Crippen LogP contribution in [0.3, 0.4) is 0 Å². The maximum absolute atomic E-state index is 13.8. The highest BCUT2D eigenvalue weighted by atomic mass is 35.5. The lowest BCUT2D eigenvalue weighted by atomic mass is 10.0. The molecule has 0 aliphatic heterocycles. The zero-order valence-corrected chi connectivity index (χ0v) is 24.5. The van der Waals surface area contributed by atoms with Gasteiger partial charge >= 0.3 is 0 Å². The molecule has 0 saturated carbocycles. The number of nitrogens with zero attached hydrogens (tertiary/aromatic N) is 3. The van der Waals surface area contributed by atoms with Gasteiger partial charge in [-0.25, -0.2) is 0 Å². The molecule has 6 nitrogen and oxygen atoms in total. The smallest absolute Gasteiger partial charge is 0.254 e. The first-order chi connectivity index (χ1) is 17.9. The molecule has 38 heavy (non-hydrogen) atoms. The number of carbonyl (C=O) groups is 2. The van der Waals surface area contributed by atoms with Crippen molar-refractivity contribution in [2.24, 2.45) is 5.92 Å². The quantitative estimate of drug-likeness (QED) is 0.276. The zero-order chi connectivity index (χ0) is 28.0. The molecule has 0 aliphatic rings. The van der Waals surface area contributed by atoms with Gasteiger partial charge < -0.3 is 19.1 Å². The fourth-order valence-electron chi connectivity index (χ4n) is 4.30. The summed E-state index contributed by atoms with van der Waals surface area (Å²) in [7, 11) is 1.65. The van der Waals surface area contributed by atoms with Crippen molar-refractivity contribution in [1.29, 1.82) is 0 Å². The lowest BCUT2D eigenvalue weighted by molar-refractivity contribution is -0.137. The van der Waals surface area contributed by atoms with E-state index < -0.39 is 5.54 Å². The van der Waals surface area contributed by atoms with E-state index in [0.717, 1.165) is 17.0 Å². The van der Waals surface area contributed by atoms with Gasteiger partial charge in [0, 0.05) is 36.1 Å². The third kappa shape index (κ3) is 7.78.